The van der Waals surface area contributed by atoms with Crippen molar-refractivity contribution in [3.8, 4) is 0 Å². The lowest BCUT2D eigenvalue weighted by atomic mass is 10.2. The molecule has 0 saturated carbocycles. The summed E-state index contributed by atoms with van der Waals surface area (Å²) in [6.07, 6.45) is 1.14. The van der Waals surface area contributed by atoms with E-state index in [9.17, 15) is 0 Å². The van der Waals surface area contributed by atoms with Crippen molar-refractivity contribution < 1.29 is 0 Å². The van der Waals surface area contributed by atoms with Gasteiger partial charge in [-0.2, -0.15) is 0 Å². The molecule has 2 rings (SSSR count). The molecular formula is C13H20N4S. The SMILES string of the molecule is CCC(C)N(C)Cc1nc(NC)c2ccsc2n1. The minimum Gasteiger partial charge on any atom is -0.372 e. The molecule has 2 heterocycles. The van der Waals surface area contributed by atoms with E-state index in [1.165, 1.54) is 0 Å². The van der Waals surface area contributed by atoms with Gasteiger partial charge in [0.25, 0.3) is 0 Å². The van der Waals surface area contributed by atoms with Gasteiger partial charge in [-0.3, -0.25) is 4.90 Å². The number of hydrogen-bond donors (Lipinski definition) is 1. The lowest BCUT2D eigenvalue weighted by molar-refractivity contribution is 0.238. The number of rotatable bonds is 5. The quantitative estimate of drug-likeness (QED) is 0.901. The smallest absolute Gasteiger partial charge is 0.146 e. The Balaban J connectivity index is 2.28. The lowest BCUT2D eigenvalue weighted by Crippen LogP contribution is -2.28. The van der Waals surface area contributed by atoms with Crippen molar-refractivity contribution >= 4 is 27.4 Å². The molecule has 18 heavy (non-hydrogen) atoms. The third kappa shape index (κ3) is 2.62. The molecule has 2 aromatic rings. The van der Waals surface area contributed by atoms with Gasteiger partial charge in [-0.05, 0) is 31.8 Å². The maximum Gasteiger partial charge on any atom is 0.146 e. The topological polar surface area (TPSA) is 41.1 Å². The average Bonchev–Trinajstić information content (AvgIpc) is 2.84. The second-order valence-corrected chi connectivity index (χ2v) is 5.44. The van der Waals surface area contributed by atoms with Crippen LogP contribution in [0.5, 0.6) is 0 Å². The van der Waals surface area contributed by atoms with E-state index in [-0.39, 0.29) is 0 Å². The molecule has 98 valence electrons. The molecule has 1 N–H and O–H groups in total. The summed E-state index contributed by atoms with van der Waals surface area (Å²) in [6.45, 7) is 5.21. The van der Waals surface area contributed by atoms with Gasteiger partial charge in [-0.1, -0.05) is 6.92 Å². The number of fused-ring (bicyclic) bond motifs is 1. The normalized spacial score (nSPS) is 13.2. The number of anilines is 1. The monoisotopic (exact) mass is 264 g/mol. The molecule has 1 unspecified atom stereocenters. The lowest BCUT2D eigenvalue weighted by Gasteiger charge is -2.22. The van der Waals surface area contributed by atoms with Crippen LogP contribution in [0.15, 0.2) is 11.4 Å². The van der Waals surface area contributed by atoms with Crippen LogP contribution in [-0.4, -0.2) is 35.0 Å². The van der Waals surface area contributed by atoms with Gasteiger partial charge in [-0.25, -0.2) is 9.97 Å². The van der Waals surface area contributed by atoms with Crippen molar-refractivity contribution in [1.29, 1.82) is 0 Å². The van der Waals surface area contributed by atoms with E-state index < -0.39 is 0 Å². The molecule has 0 aliphatic rings. The van der Waals surface area contributed by atoms with Crippen LogP contribution in [0.25, 0.3) is 10.2 Å². The molecule has 0 aliphatic carbocycles. The summed E-state index contributed by atoms with van der Waals surface area (Å²) in [5.41, 5.74) is 0. The highest BCUT2D eigenvalue weighted by atomic mass is 32.1. The zero-order chi connectivity index (χ0) is 13.1. The summed E-state index contributed by atoms with van der Waals surface area (Å²) >= 11 is 1.66. The Morgan fingerprint density at radius 3 is 2.89 bits per heavy atom. The van der Waals surface area contributed by atoms with Crippen LogP contribution in [0.3, 0.4) is 0 Å². The van der Waals surface area contributed by atoms with E-state index >= 15 is 0 Å². The molecule has 0 fully saturated rings. The van der Waals surface area contributed by atoms with Crippen LogP contribution in [0.1, 0.15) is 26.1 Å². The summed E-state index contributed by atoms with van der Waals surface area (Å²) in [6, 6.07) is 2.61. The van der Waals surface area contributed by atoms with Crippen LogP contribution in [-0.2, 0) is 6.54 Å². The molecule has 0 aliphatic heterocycles. The van der Waals surface area contributed by atoms with Crippen molar-refractivity contribution in [1.82, 2.24) is 14.9 Å². The Morgan fingerprint density at radius 2 is 2.22 bits per heavy atom. The molecule has 0 spiro atoms. The van der Waals surface area contributed by atoms with E-state index in [0.29, 0.717) is 6.04 Å². The summed E-state index contributed by atoms with van der Waals surface area (Å²) in [5.74, 6) is 1.81. The van der Waals surface area contributed by atoms with Gasteiger partial charge < -0.3 is 5.32 Å². The van der Waals surface area contributed by atoms with Crippen LogP contribution >= 0.6 is 11.3 Å². The molecule has 1 atom stereocenters. The highest BCUT2D eigenvalue weighted by molar-refractivity contribution is 7.16. The summed E-state index contributed by atoms with van der Waals surface area (Å²) in [4.78, 5) is 12.6. The van der Waals surface area contributed by atoms with Gasteiger partial charge in [0.1, 0.15) is 16.5 Å². The first kappa shape index (κ1) is 13.2. The molecule has 0 bridgehead atoms. The maximum atomic E-state index is 4.63. The number of hydrogen-bond acceptors (Lipinski definition) is 5. The van der Waals surface area contributed by atoms with Crippen LogP contribution in [0.4, 0.5) is 5.82 Å². The van der Waals surface area contributed by atoms with Gasteiger partial charge in [0.2, 0.25) is 0 Å². The van der Waals surface area contributed by atoms with Gasteiger partial charge in [0, 0.05) is 13.1 Å². The predicted molar refractivity (Wildman–Crippen MR) is 78.2 cm³/mol. The van der Waals surface area contributed by atoms with Crippen LogP contribution < -0.4 is 5.32 Å². The summed E-state index contributed by atoms with van der Waals surface area (Å²) in [5, 5.41) is 6.32. The first-order valence-electron chi connectivity index (χ1n) is 6.27. The molecule has 0 radical (unpaired) electrons. The third-order valence-corrected chi connectivity index (χ3v) is 4.15. The number of aromatic nitrogens is 2. The Labute approximate surface area is 112 Å². The van der Waals surface area contributed by atoms with Crippen molar-refractivity contribution in [2.24, 2.45) is 0 Å². The molecular weight excluding hydrogens is 244 g/mol. The Bertz CT molecular complexity index is 523. The third-order valence-electron chi connectivity index (χ3n) is 3.34. The zero-order valence-electron chi connectivity index (χ0n) is 11.4. The summed E-state index contributed by atoms with van der Waals surface area (Å²) < 4.78 is 0. The van der Waals surface area contributed by atoms with Crippen LogP contribution in [0, 0.1) is 0 Å². The fourth-order valence-electron chi connectivity index (χ4n) is 1.85. The van der Waals surface area contributed by atoms with Crippen LogP contribution in [0.2, 0.25) is 0 Å². The second kappa shape index (κ2) is 5.63. The molecule has 0 saturated heterocycles. The van der Waals surface area contributed by atoms with Gasteiger partial charge in [-0.15, -0.1) is 11.3 Å². The van der Waals surface area contributed by atoms with Gasteiger partial charge in [0.05, 0.1) is 11.9 Å². The first-order valence-corrected chi connectivity index (χ1v) is 7.15. The molecule has 0 amide bonds. The highest BCUT2D eigenvalue weighted by Crippen LogP contribution is 2.25. The average molecular weight is 264 g/mol. The standard InChI is InChI=1S/C13H20N4S/c1-5-9(2)17(4)8-11-15-12(14-3)10-6-7-18-13(10)16-11/h6-7,9H,5,8H2,1-4H3,(H,14,15,16). The molecule has 0 aromatic carbocycles. The minimum absolute atomic E-state index is 0.547. The van der Waals surface area contributed by atoms with E-state index in [1.807, 2.05) is 7.05 Å². The van der Waals surface area contributed by atoms with E-state index in [2.05, 4.69) is 52.5 Å². The van der Waals surface area contributed by atoms with Crippen molar-refractivity contribution in [2.45, 2.75) is 32.9 Å². The molecule has 4 nitrogen and oxygen atoms in total. The van der Waals surface area contributed by atoms with E-state index in [4.69, 9.17) is 0 Å². The predicted octanol–water partition coefficient (Wildman–Crippen LogP) is 2.96. The minimum atomic E-state index is 0.547. The number of nitrogens with zero attached hydrogens (tertiary/aromatic N) is 3. The molecule has 5 heteroatoms. The fourth-order valence-corrected chi connectivity index (χ4v) is 2.63. The summed E-state index contributed by atoms with van der Waals surface area (Å²) in [7, 11) is 4.02. The van der Waals surface area contributed by atoms with Crippen molar-refractivity contribution in [3.05, 3.63) is 17.3 Å². The number of nitrogens with one attached hydrogen (secondary N) is 1. The largest absolute Gasteiger partial charge is 0.372 e. The molecule has 2 aromatic heterocycles. The van der Waals surface area contributed by atoms with Crippen molar-refractivity contribution in [2.75, 3.05) is 19.4 Å². The maximum absolute atomic E-state index is 4.63. The van der Waals surface area contributed by atoms with Crippen molar-refractivity contribution in [3.63, 3.8) is 0 Å². The Hall–Kier alpha value is -1.20. The Kier molecular flexibility index (Phi) is 4.14. The van der Waals surface area contributed by atoms with Gasteiger partial charge >= 0.3 is 0 Å². The van der Waals surface area contributed by atoms with Gasteiger partial charge in [0.15, 0.2) is 0 Å². The second-order valence-electron chi connectivity index (χ2n) is 4.55. The fraction of sp³-hybridized carbons (Fsp3) is 0.538. The Morgan fingerprint density at radius 1 is 1.44 bits per heavy atom. The first-order chi connectivity index (χ1) is 8.65. The van der Waals surface area contributed by atoms with E-state index in [1.54, 1.807) is 11.3 Å². The highest BCUT2D eigenvalue weighted by Gasteiger charge is 2.12. The number of thiophene rings is 1. The zero-order valence-corrected chi connectivity index (χ0v) is 12.2. The van der Waals surface area contributed by atoms with E-state index in [0.717, 1.165) is 34.8 Å².